The van der Waals surface area contributed by atoms with E-state index in [4.69, 9.17) is 0 Å². The number of hydrogen-bond acceptors (Lipinski definition) is 3. The summed E-state index contributed by atoms with van der Waals surface area (Å²) in [5.41, 5.74) is 1.62. The van der Waals surface area contributed by atoms with Crippen LogP contribution in [0.25, 0.3) is 21.7 Å². The highest BCUT2D eigenvalue weighted by Gasteiger charge is 2.12. The molecule has 1 aromatic carbocycles. The summed E-state index contributed by atoms with van der Waals surface area (Å²) in [7, 11) is 0. The number of fused-ring (bicyclic) bond motifs is 3. The number of phenols is 1. The van der Waals surface area contributed by atoms with Crippen LogP contribution in [0.15, 0.2) is 35.3 Å². The molecule has 0 unspecified atom stereocenters. The number of rotatable bonds is 1. The fourth-order valence-electron chi connectivity index (χ4n) is 2.61. The predicted octanol–water partition coefficient (Wildman–Crippen LogP) is 2.58. The van der Waals surface area contributed by atoms with Crippen molar-refractivity contribution in [1.82, 2.24) is 9.55 Å². The Balaban J connectivity index is 2.69. The number of pyridine rings is 2. The van der Waals surface area contributed by atoms with Crippen molar-refractivity contribution in [3.8, 4) is 5.75 Å². The summed E-state index contributed by atoms with van der Waals surface area (Å²) in [5, 5.41) is 12.0. The van der Waals surface area contributed by atoms with Crippen molar-refractivity contribution in [3.63, 3.8) is 0 Å². The van der Waals surface area contributed by atoms with Crippen molar-refractivity contribution < 1.29 is 5.11 Å². The van der Waals surface area contributed by atoms with Crippen LogP contribution in [-0.2, 0) is 6.54 Å². The van der Waals surface area contributed by atoms with E-state index < -0.39 is 0 Å². The normalized spacial score (nSPS) is 11.3. The molecule has 4 nitrogen and oxygen atoms in total. The van der Waals surface area contributed by atoms with Crippen LogP contribution in [0.4, 0.5) is 0 Å². The standard InChI is InChI=1S/C15H14N2O2/c1-3-17-14-9(2)16-7-6-12(14)11-5-4-10(18)8-13(11)15(17)19/h4-8,18H,3H2,1-2H3. The van der Waals surface area contributed by atoms with Crippen molar-refractivity contribution in [2.24, 2.45) is 0 Å². The average molecular weight is 254 g/mol. The van der Waals surface area contributed by atoms with Crippen LogP contribution < -0.4 is 5.56 Å². The second kappa shape index (κ2) is 4.09. The van der Waals surface area contributed by atoms with Gasteiger partial charge in [0, 0.05) is 18.1 Å². The molecule has 96 valence electrons. The first kappa shape index (κ1) is 11.7. The molecule has 0 fully saturated rings. The molecule has 0 radical (unpaired) electrons. The van der Waals surface area contributed by atoms with Gasteiger partial charge in [0.05, 0.1) is 16.6 Å². The number of phenolic OH excluding ortho intramolecular Hbond substituents is 1. The number of nitrogens with zero attached hydrogens (tertiary/aromatic N) is 2. The van der Waals surface area contributed by atoms with Gasteiger partial charge in [0.1, 0.15) is 5.75 Å². The SMILES string of the molecule is CCn1c(=O)c2cc(O)ccc2c2ccnc(C)c21. The van der Waals surface area contributed by atoms with Crippen molar-refractivity contribution in [2.45, 2.75) is 20.4 Å². The number of aromatic nitrogens is 2. The fourth-order valence-corrected chi connectivity index (χ4v) is 2.61. The summed E-state index contributed by atoms with van der Waals surface area (Å²) in [4.78, 5) is 16.8. The predicted molar refractivity (Wildman–Crippen MR) is 75.6 cm³/mol. The Morgan fingerprint density at radius 1 is 1.21 bits per heavy atom. The van der Waals surface area contributed by atoms with Crippen LogP contribution >= 0.6 is 0 Å². The Bertz CT molecular complexity index is 850. The summed E-state index contributed by atoms with van der Waals surface area (Å²) >= 11 is 0. The summed E-state index contributed by atoms with van der Waals surface area (Å²) in [6.45, 7) is 4.41. The Morgan fingerprint density at radius 2 is 2.00 bits per heavy atom. The van der Waals surface area contributed by atoms with Crippen LogP contribution in [-0.4, -0.2) is 14.7 Å². The molecule has 0 saturated heterocycles. The van der Waals surface area contributed by atoms with Crippen molar-refractivity contribution >= 4 is 21.7 Å². The van der Waals surface area contributed by atoms with E-state index in [9.17, 15) is 9.90 Å². The van der Waals surface area contributed by atoms with Gasteiger partial charge in [-0.05, 0) is 43.5 Å². The van der Waals surface area contributed by atoms with E-state index in [0.29, 0.717) is 11.9 Å². The third-order valence-electron chi connectivity index (χ3n) is 3.46. The highest BCUT2D eigenvalue weighted by molar-refractivity contribution is 6.06. The maximum Gasteiger partial charge on any atom is 0.259 e. The second-order valence-electron chi connectivity index (χ2n) is 4.57. The molecule has 0 bridgehead atoms. The van der Waals surface area contributed by atoms with Gasteiger partial charge in [0.15, 0.2) is 0 Å². The first-order valence-electron chi connectivity index (χ1n) is 6.24. The van der Waals surface area contributed by atoms with Crippen molar-refractivity contribution in [1.29, 1.82) is 0 Å². The molecule has 0 aliphatic heterocycles. The lowest BCUT2D eigenvalue weighted by Gasteiger charge is -2.12. The second-order valence-corrected chi connectivity index (χ2v) is 4.57. The molecule has 1 N–H and O–H groups in total. The zero-order chi connectivity index (χ0) is 13.6. The molecule has 0 aliphatic carbocycles. The van der Waals surface area contributed by atoms with Gasteiger partial charge in [0.2, 0.25) is 0 Å². The van der Waals surface area contributed by atoms with E-state index in [1.54, 1.807) is 22.9 Å². The Kier molecular flexibility index (Phi) is 2.52. The average Bonchev–Trinajstić information content (AvgIpc) is 2.40. The van der Waals surface area contributed by atoms with E-state index in [0.717, 1.165) is 22.0 Å². The molecule has 0 aliphatic rings. The number of benzene rings is 1. The lowest BCUT2D eigenvalue weighted by Crippen LogP contribution is -2.20. The minimum Gasteiger partial charge on any atom is -0.508 e. The van der Waals surface area contributed by atoms with Crippen LogP contribution in [0.3, 0.4) is 0 Å². The highest BCUT2D eigenvalue weighted by atomic mass is 16.3. The Labute approximate surface area is 109 Å². The zero-order valence-corrected chi connectivity index (χ0v) is 10.8. The topological polar surface area (TPSA) is 55.1 Å². The monoisotopic (exact) mass is 254 g/mol. The van der Waals surface area contributed by atoms with Gasteiger partial charge in [-0.1, -0.05) is 0 Å². The molecular formula is C15H14N2O2. The summed E-state index contributed by atoms with van der Waals surface area (Å²) in [6, 6.07) is 6.83. The Morgan fingerprint density at radius 3 is 2.74 bits per heavy atom. The summed E-state index contributed by atoms with van der Waals surface area (Å²) in [6.07, 6.45) is 1.74. The smallest absolute Gasteiger partial charge is 0.259 e. The first-order valence-corrected chi connectivity index (χ1v) is 6.24. The molecule has 0 amide bonds. The van der Waals surface area contributed by atoms with Gasteiger partial charge in [-0.3, -0.25) is 9.78 Å². The van der Waals surface area contributed by atoms with Crippen LogP contribution in [0.1, 0.15) is 12.6 Å². The van der Waals surface area contributed by atoms with Gasteiger partial charge in [0.25, 0.3) is 5.56 Å². The van der Waals surface area contributed by atoms with E-state index >= 15 is 0 Å². The lowest BCUT2D eigenvalue weighted by molar-refractivity contribution is 0.476. The molecule has 2 heterocycles. The first-order chi connectivity index (χ1) is 9.13. The summed E-state index contributed by atoms with van der Waals surface area (Å²) in [5.74, 6) is 0.109. The van der Waals surface area contributed by atoms with Gasteiger partial charge in [-0.25, -0.2) is 0 Å². The quantitative estimate of drug-likeness (QED) is 0.679. The molecule has 0 spiro atoms. The maximum absolute atomic E-state index is 12.5. The van der Waals surface area contributed by atoms with Gasteiger partial charge < -0.3 is 9.67 Å². The molecule has 0 saturated carbocycles. The summed E-state index contributed by atoms with van der Waals surface area (Å²) < 4.78 is 1.71. The molecule has 2 aromatic heterocycles. The van der Waals surface area contributed by atoms with Gasteiger partial charge in [-0.15, -0.1) is 0 Å². The van der Waals surface area contributed by atoms with Crippen molar-refractivity contribution in [2.75, 3.05) is 0 Å². The third kappa shape index (κ3) is 1.60. The van der Waals surface area contributed by atoms with E-state index in [-0.39, 0.29) is 11.3 Å². The molecule has 19 heavy (non-hydrogen) atoms. The minimum absolute atomic E-state index is 0.0861. The maximum atomic E-state index is 12.5. The van der Waals surface area contributed by atoms with Crippen LogP contribution in [0, 0.1) is 6.92 Å². The Hall–Kier alpha value is -2.36. The van der Waals surface area contributed by atoms with Crippen LogP contribution in [0.5, 0.6) is 5.75 Å². The van der Waals surface area contributed by atoms with Crippen molar-refractivity contribution in [3.05, 3.63) is 46.5 Å². The van der Waals surface area contributed by atoms with Crippen LogP contribution in [0.2, 0.25) is 0 Å². The molecule has 4 heteroatoms. The van der Waals surface area contributed by atoms with E-state index in [2.05, 4.69) is 4.98 Å². The zero-order valence-electron chi connectivity index (χ0n) is 10.8. The lowest BCUT2D eigenvalue weighted by atomic mass is 10.1. The number of aromatic hydroxyl groups is 1. The van der Waals surface area contributed by atoms with E-state index in [1.807, 2.05) is 19.9 Å². The highest BCUT2D eigenvalue weighted by Crippen LogP contribution is 2.26. The molecule has 3 aromatic rings. The molecular weight excluding hydrogens is 240 g/mol. The van der Waals surface area contributed by atoms with Gasteiger partial charge in [-0.2, -0.15) is 0 Å². The molecule has 3 rings (SSSR count). The minimum atomic E-state index is -0.0861. The van der Waals surface area contributed by atoms with E-state index in [1.165, 1.54) is 6.07 Å². The number of aryl methyl sites for hydroxylation is 2. The third-order valence-corrected chi connectivity index (χ3v) is 3.46. The molecule has 0 atom stereocenters. The van der Waals surface area contributed by atoms with Gasteiger partial charge >= 0.3 is 0 Å². The number of hydrogen-bond donors (Lipinski definition) is 1. The largest absolute Gasteiger partial charge is 0.508 e. The fraction of sp³-hybridized carbons (Fsp3) is 0.200.